The first-order valence-corrected chi connectivity index (χ1v) is 7.34. The number of rotatable bonds is 2. The molecule has 0 saturated carbocycles. The molecule has 5 nitrogen and oxygen atoms in total. The minimum atomic E-state index is 0.0844. The first kappa shape index (κ1) is 12.3. The highest BCUT2D eigenvalue weighted by atomic mass is 32.1. The summed E-state index contributed by atoms with van der Waals surface area (Å²) in [4.78, 5) is 19.2. The van der Waals surface area contributed by atoms with E-state index in [1.165, 1.54) is 11.3 Å². The third kappa shape index (κ3) is 2.28. The summed E-state index contributed by atoms with van der Waals surface area (Å²) < 4.78 is 0. The van der Waals surface area contributed by atoms with Crippen molar-refractivity contribution in [2.24, 2.45) is 0 Å². The normalized spacial score (nSPS) is 19.6. The molecule has 1 saturated heterocycles. The van der Waals surface area contributed by atoms with Gasteiger partial charge in [-0.1, -0.05) is 0 Å². The van der Waals surface area contributed by atoms with Gasteiger partial charge in [0.05, 0.1) is 29.6 Å². The Bertz CT molecular complexity index is 563. The molecule has 3 rings (SSSR count). The molecule has 2 aromatic heterocycles. The van der Waals surface area contributed by atoms with E-state index in [0.29, 0.717) is 4.88 Å². The smallest absolute Gasteiger partial charge is 0.266 e. The second kappa shape index (κ2) is 5.13. The quantitative estimate of drug-likeness (QED) is 0.917. The van der Waals surface area contributed by atoms with Gasteiger partial charge in [-0.3, -0.25) is 14.9 Å². The molecule has 2 aromatic rings. The molecule has 6 heteroatoms. The number of piperidine rings is 1. The lowest BCUT2D eigenvalue weighted by atomic mass is 9.97. The summed E-state index contributed by atoms with van der Waals surface area (Å²) in [5, 5.41) is 7.13. The molecule has 1 aliphatic rings. The van der Waals surface area contributed by atoms with E-state index < -0.39 is 0 Å². The summed E-state index contributed by atoms with van der Waals surface area (Å²) in [5.41, 5.74) is 3.89. The van der Waals surface area contributed by atoms with Gasteiger partial charge in [0.1, 0.15) is 4.88 Å². The highest BCUT2D eigenvalue weighted by molar-refractivity contribution is 7.11. The number of hydrogen-bond donors (Lipinski definition) is 1. The predicted molar refractivity (Wildman–Crippen MR) is 73.1 cm³/mol. The fourth-order valence-electron chi connectivity index (χ4n) is 2.63. The van der Waals surface area contributed by atoms with Gasteiger partial charge in [-0.2, -0.15) is 5.10 Å². The third-order valence-corrected chi connectivity index (χ3v) is 4.37. The van der Waals surface area contributed by atoms with Gasteiger partial charge in [0, 0.05) is 6.54 Å². The Morgan fingerprint density at radius 3 is 3.05 bits per heavy atom. The second-order valence-corrected chi connectivity index (χ2v) is 5.73. The Morgan fingerprint density at radius 2 is 2.37 bits per heavy atom. The first-order valence-electron chi connectivity index (χ1n) is 6.46. The summed E-state index contributed by atoms with van der Waals surface area (Å²) in [6, 6.07) is 0.117. The highest BCUT2D eigenvalue weighted by Crippen LogP contribution is 2.32. The van der Waals surface area contributed by atoms with E-state index in [1.54, 1.807) is 11.7 Å². The van der Waals surface area contributed by atoms with Crippen LogP contribution in [0.4, 0.5) is 0 Å². The van der Waals surface area contributed by atoms with Crippen molar-refractivity contribution in [3.05, 3.63) is 34.0 Å². The van der Waals surface area contributed by atoms with Crippen LogP contribution in [-0.2, 0) is 0 Å². The standard InChI is InChI=1S/C13H16N4OS/c1-9-6-15-16-12(9)10-4-2-3-5-17(10)13(18)11-7-14-8-19-11/h6-8,10H,2-5H2,1H3,(H,15,16)/t10-/m1/s1. The number of nitrogens with zero attached hydrogens (tertiary/aromatic N) is 3. The van der Waals surface area contributed by atoms with Crippen molar-refractivity contribution >= 4 is 17.2 Å². The molecule has 0 spiro atoms. The van der Waals surface area contributed by atoms with Crippen LogP contribution in [0, 0.1) is 6.92 Å². The number of nitrogens with one attached hydrogen (secondary N) is 1. The molecule has 0 radical (unpaired) electrons. The van der Waals surface area contributed by atoms with Gasteiger partial charge in [0.2, 0.25) is 0 Å². The van der Waals surface area contributed by atoms with Gasteiger partial charge >= 0.3 is 0 Å². The number of aromatic nitrogens is 3. The van der Waals surface area contributed by atoms with Gasteiger partial charge in [0.25, 0.3) is 5.91 Å². The Morgan fingerprint density at radius 1 is 1.47 bits per heavy atom. The number of H-pyrrole nitrogens is 1. The average Bonchev–Trinajstić information content (AvgIpc) is 3.09. The van der Waals surface area contributed by atoms with E-state index in [0.717, 1.165) is 37.1 Å². The maximum Gasteiger partial charge on any atom is 0.266 e. The van der Waals surface area contributed by atoms with Crippen molar-refractivity contribution in [1.29, 1.82) is 0 Å². The zero-order chi connectivity index (χ0) is 13.2. The summed E-state index contributed by atoms with van der Waals surface area (Å²) in [5.74, 6) is 0.0844. The minimum absolute atomic E-state index is 0.0844. The third-order valence-electron chi connectivity index (χ3n) is 3.61. The minimum Gasteiger partial charge on any atom is -0.329 e. The van der Waals surface area contributed by atoms with Crippen LogP contribution in [0.5, 0.6) is 0 Å². The van der Waals surface area contributed by atoms with E-state index >= 15 is 0 Å². The Balaban J connectivity index is 1.90. The van der Waals surface area contributed by atoms with Gasteiger partial charge in [-0.25, -0.2) is 0 Å². The largest absolute Gasteiger partial charge is 0.329 e. The summed E-state index contributed by atoms with van der Waals surface area (Å²) in [6.07, 6.45) is 6.68. The lowest BCUT2D eigenvalue weighted by molar-refractivity contribution is 0.0610. The lowest BCUT2D eigenvalue weighted by Gasteiger charge is -2.35. The van der Waals surface area contributed by atoms with Crippen LogP contribution in [0.15, 0.2) is 17.9 Å². The lowest BCUT2D eigenvalue weighted by Crippen LogP contribution is -2.38. The molecular formula is C13H16N4OS. The number of hydrogen-bond acceptors (Lipinski definition) is 4. The van der Waals surface area contributed by atoms with Crippen molar-refractivity contribution in [1.82, 2.24) is 20.1 Å². The highest BCUT2D eigenvalue weighted by Gasteiger charge is 2.31. The van der Waals surface area contributed by atoms with Crippen LogP contribution in [0.3, 0.4) is 0 Å². The molecule has 1 fully saturated rings. The Hall–Kier alpha value is -1.69. The van der Waals surface area contributed by atoms with E-state index in [4.69, 9.17) is 0 Å². The van der Waals surface area contributed by atoms with Crippen molar-refractivity contribution in [3.8, 4) is 0 Å². The van der Waals surface area contributed by atoms with Crippen LogP contribution in [0.2, 0.25) is 0 Å². The van der Waals surface area contributed by atoms with Crippen LogP contribution in [0.25, 0.3) is 0 Å². The zero-order valence-electron chi connectivity index (χ0n) is 10.8. The van der Waals surface area contributed by atoms with Crippen LogP contribution in [0.1, 0.15) is 46.2 Å². The summed E-state index contributed by atoms with van der Waals surface area (Å²) >= 11 is 1.40. The molecular weight excluding hydrogens is 260 g/mol. The fraction of sp³-hybridized carbons (Fsp3) is 0.462. The molecule has 100 valence electrons. The van der Waals surface area contributed by atoms with Crippen molar-refractivity contribution in [2.75, 3.05) is 6.54 Å². The van der Waals surface area contributed by atoms with Crippen LogP contribution >= 0.6 is 11.3 Å². The monoisotopic (exact) mass is 276 g/mol. The van der Waals surface area contributed by atoms with Gasteiger partial charge < -0.3 is 4.90 Å². The molecule has 0 unspecified atom stereocenters. The number of aryl methyl sites for hydroxylation is 1. The number of aromatic amines is 1. The topological polar surface area (TPSA) is 61.9 Å². The van der Waals surface area contributed by atoms with Crippen LogP contribution in [-0.4, -0.2) is 32.5 Å². The fourth-order valence-corrected chi connectivity index (χ4v) is 3.21. The van der Waals surface area contributed by atoms with Gasteiger partial charge in [0.15, 0.2) is 0 Å². The number of carbonyl (C=O) groups is 1. The van der Waals surface area contributed by atoms with Gasteiger partial charge in [-0.05, 0) is 31.7 Å². The molecule has 1 N–H and O–H groups in total. The van der Waals surface area contributed by atoms with E-state index in [2.05, 4.69) is 15.2 Å². The number of thiazole rings is 1. The maximum atomic E-state index is 12.5. The average molecular weight is 276 g/mol. The molecule has 0 bridgehead atoms. The van der Waals surface area contributed by atoms with Crippen molar-refractivity contribution in [3.63, 3.8) is 0 Å². The number of carbonyl (C=O) groups excluding carboxylic acids is 1. The van der Waals surface area contributed by atoms with Crippen molar-refractivity contribution < 1.29 is 4.79 Å². The summed E-state index contributed by atoms with van der Waals surface area (Å²) in [6.45, 7) is 2.84. The zero-order valence-corrected chi connectivity index (χ0v) is 11.6. The van der Waals surface area contributed by atoms with Crippen LogP contribution < -0.4 is 0 Å². The molecule has 19 heavy (non-hydrogen) atoms. The second-order valence-electron chi connectivity index (χ2n) is 4.84. The molecule has 0 aliphatic carbocycles. The maximum absolute atomic E-state index is 12.5. The van der Waals surface area contributed by atoms with Gasteiger partial charge in [-0.15, -0.1) is 11.3 Å². The Labute approximate surface area is 115 Å². The molecule has 1 atom stereocenters. The number of amides is 1. The van der Waals surface area contributed by atoms with Crippen molar-refractivity contribution in [2.45, 2.75) is 32.2 Å². The molecule has 3 heterocycles. The van der Waals surface area contributed by atoms with E-state index in [-0.39, 0.29) is 11.9 Å². The number of likely N-dealkylation sites (tertiary alicyclic amines) is 1. The molecule has 0 aromatic carbocycles. The molecule has 1 amide bonds. The summed E-state index contributed by atoms with van der Waals surface area (Å²) in [7, 11) is 0. The first-order chi connectivity index (χ1) is 9.27. The molecule has 1 aliphatic heterocycles. The Kier molecular flexibility index (Phi) is 3.33. The SMILES string of the molecule is Cc1cn[nH]c1[C@H]1CCCCN1C(=O)c1cncs1. The van der Waals surface area contributed by atoms with E-state index in [9.17, 15) is 4.79 Å². The predicted octanol–water partition coefficient (Wildman–Crippen LogP) is 2.54. The van der Waals surface area contributed by atoms with E-state index in [1.807, 2.05) is 18.0 Å².